The zero-order valence-corrected chi connectivity index (χ0v) is 18.5. The van der Waals surface area contributed by atoms with E-state index in [2.05, 4.69) is 11.9 Å². The summed E-state index contributed by atoms with van der Waals surface area (Å²) in [7, 11) is 1.72. The van der Waals surface area contributed by atoms with Gasteiger partial charge in [0.1, 0.15) is 18.0 Å². The van der Waals surface area contributed by atoms with Crippen molar-refractivity contribution in [2.24, 2.45) is 7.05 Å². The van der Waals surface area contributed by atoms with Crippen molar-refractivity contribution in [3.8, 4) is 11.4 Å². The highest BCUT2D eigenvalue weighted by Gasteiger charge is 2.18. The third-order valence-corrected chi connectivity index (χ3v) is 4.82. The molecule has 1 heterocycles. The summed E-state index contributed by atoms with van der Waals surface area (Å²) in [6, 6.07) is 16.2. The van der Waals surface area contributed by atoms with Gasteiger partial charge in [0.2, 0.25) is 0 Å². The van der Waals surface area contributed by atoms with Crippen LogP contribution in [0.4, 0.5) is 5.69 Å². The molecule has 2 aromatic carbocycles. The first-order valence-electron chi connectivity index (χ1n) is 10.2. The highest BCUT2D eigenvalue weighted by atomic mass is 16.5. The summed E-state index contributed by atoms with van der Waals surface area (Å²) in [6.07, 6.45) is 4.44. The Morgan fingerprint density at radius 3 is 2.45 bits per heavy atom. The second kappa shape index (κ2) is 10.8. The van der Waals surface area contributed by atoms with E-state index in [4.69, 9.17) is 9.47 Å². The van der Waals surface area contributed by atoms with Crippen molar-refractivity contribution in [2.75, 3.05) is 18.5 Å². The molecule has 170 valence electrons. The Hall–Kier alpha value is -4.33. The molecule has 1 N–H and O–H groups in total. The number of hydrogen-bond donors (Lipinski definition) is 1. The maximum absolute atomic E-state index is 12.8. The molecule has 0 unspecified atom stereocenters. The minimum atomic E-state index is -0.677. The number of rotatable bonds is 9. The summed E-state index contributed by atoms with van der Waals surface area (Å²) in [5.41, 5.74) is 1.77. The predicted molar refractivity (Wildman–Crippen MR) is 127 cm³/mol. The minimum Gasteiger partial charge on any atom is -0.490 e. The molecule has 0 aliphatic heterocycles. The second-order valence-electron chi connectivity index (χ2n) is 7.09. The zero-order valence-electron chi connectivity index (χ0n) is 18.5. The second-order valence-corrected chi connectivity index (χ2v) is 7.09. The number of aromatic nitrogens is 2. The van der Waals surface area contributed by atoms with Crippen LogP contribution in [0.3, 0.4) is 0 Å². The van der Waals surface area contributed by atoms with Gasteiger partial charge in [-0.15, -0.1) is 0 Å². The van der Waals surface area contributed by atoms with E-state index in [1.807, 2.05) is 18.2 Å². The van der Waals surface area contributed by atoms with Crippen LogP contribution < -0.4 is 15.6 Å². The number of carbonyl (C=O) groups excluding carboxylic acids is 2. The molecule has 0 radical (unpaired) electrons. The van der Waals surface area contributed by atoms with E-state index in [1.165, 1.54) is 10.8 Å². The van der Waals surface area contributed by atoms with Crippen molar-refractivity contribution in [3.05, 3.63) is 94.9 Å². The quantitative estimate of drug-likeness (QED) is 0.309. The summed E-state index contributed by atoms with van der Waals surface area (Å²) >= 11 is 0. The number of amides is 1. The standard InChI is InChI=1S/C25H25N3O5/c1-4-16-32-21-13-10-19(11-14-21)12-15-23(30)33-17-22(29)26-24-18(2)27(3)28(25(24)31)20-8-6-5-7-9-20/h4-15H,1,16-17H2,2-3H3,(H,26,29). The lowest BCUT2D eigenvalue weighted by Crippen LogP contribution is -2.25. The molecule has 8 nitrogen and oxygen atoms in total. The molecule has 0 spiro atoms. The van der Waals surface area contributed by atoms with Crippen LogP contribution in [0.5, 0.6) is 5.75 Å². The van der Waals surface area contributed by atoms with E-state index < -0.39 is 18.5 Å². The first-order chi connectivity index (χ1) is 15.9. The maximum atomic E-state index is 12.8. The number of benzene rings is 2. The highest BCUT2D eigenvalue weighted by molar-refractivity contribution is 5.95. The Kier molecular flexibility index (Phi) is 7.64. The molecule has 3 aromatic rings. The third-order valence-electron chi connectivity index (χ3n) is 4.82. The molecule has 0 aliphatic carbocycles. The van der Waals surface area contributed by atoms with E-state index >= 15 is 0 Å². The van der Waals surface area contributed by atoms with Crippen LogP contribution in [0.25, 0.3) is 11.8 Å². The number of nitrogens with one attached hydrogen (secondary N) is 1. The number of ether oxygens (including phenoxy) is 2. The first-order valence-corrected chi connectivity index (χ1v) is 10.2. The summed E-state index contributed by atoms with van der Waals surface area (Å²) in [5.74, 6) is -0.594. The lowest BCUT2D eigenvalue weighted by molar-refractivity contribution is -0.142. The molecule has 3 rings (SSSR count). The fourth-order valence-corrected chi connectivity index (χ4v) is 3.07. The topological polar surface area (TPSA) is 91.6 Å². The average Bonchev–Trinajstić information content (AvgIpc) is 3.04. The highest BCUT2D eigenvalue weighted by Crippen LogP contribution is 2.14. The Balaban J connectivity index is 1.57. The maximum Gasteiger partial charge on any atom is 0.331 e. The largest absolute Gasteiger partial charge is 0.490 e. The minimum absolute atomic E-state index is 0.136. The molecule has 1 aromatic heterocycles. The summed E-state index contributed by atoms with van der Waals surface area (Å²) < 4.78 is 13.5. The van der Waals surface area contributed by atoms with Gasteiger partial charge >= 0.3 is 5.97 Å². The van der Waals surface area contributed by atoms with Gasteiger partial charge < -0.3 is 14.8 Å². The van der Waals surface area contributed by atoms with Gasteiger partial charge in [-0.05, 0) is 42.8 Å². The Labute approximate surface area is 191 Å². The average molecular weight is 447 g/mol. The lowest BCUT2D eigenvalue weighted by Gasteiger charge is -2.07. The van der Waals surface area contributed by atoms with Gasteiger partial charge in [0, 0.05) is 13.1 Å². The van der Waals surface area contributed by atoms with Crippen LogP contribution in [0.1, 0.15) is 11.3 Å². The van der Waals surface area contributed by atoms with Crippen LogP contribution in [0.2, 0.25) is 0 Å². The Bertz CT molecular complexity index is 1220. The monoisotopic (exact) mass is 447 g/mol. The molecule has 0 bridgehead atoms. The molecule has 0 saturated heterocycles. The van der Waals surface area contributed by atoms with E-state index in [9.17, 15) is 14.4 Å². The number of carbonyl (C=O) groups is 2. The molecule has 0 fully saturated rings. The number of hydrogen-bond acceptors (Lipinski definition) is 5. The Morgan fingerprint density at radius 2 is 1.79 bits per heavy atom. The van der Waals surface area contributed by atoms with E-state index in [0.29, 0.717) is 23.7 Å². The normalized spacial score (nSPS) is 10.7. The Morgan fingerprint density at radius 1 is 1.09 bits per heavy atom. The number of anilines is 1. The van der Waals surface area contributed by atoms with Crippen molar-refractivity contribution in [2.45, 2.75) is 6.92 Å². The van der Waals surface area contributed by atoms with E-state index in [-0.39, 0.29) is 11.2 Å². The predicted octanol–water partition coefficient (Wildman–Crippen LogP) is 3.24. The van der Waals surface area contributed by atoms with Crippen LogP contribution in [-0.2, 0) is 21.4 Å². The molecule has 0 aliphatic rings. The van der Waals surface area contributed by atoms with Gasteiger partial charge in [0.15, 0.2) is 6.61 Å². The number of nitrogens with zero attached hydrogens (tertiary/aromatic N) is 2. The van der Waals surface area contributed by atoms with Crippen molar-refractivity contribution >= 4 is 23.6 Å². The molecule has 0 atom stereocenters. The fraction of sp³-hybridized carbons (Fsp3) is 0.160. The van der Waals surface area contributed by atoms with Gasteiger partial charge in [-0.25, -0.2) is 9.48 Å². The van der Waals surface area contributed by atoms with Crippen molar-refractivity contribution in [1.29, 1.82) is 0 Å². The van der Waals surface area contributed by atoms with Crippen LogP contribution in [-0.4, -0.2) is 34.5 Å². The zero-order chi connectivity index (χ0) is 23.8. The summed E-state index contributed by atoms with van der Waals surface area (Å²) in [4.78, 5) is 37.1. The number of esters is 1. The van der Waals surface area contributed by atoms with Gasteiger partial charge in [0.05, 0.1) is 11.4 Å². The van der Waals surface area contributed by atoms with E-state index in [0.717, 1.165) is 5.56 Å². The molecule has 1 amide bonds. The van der Waals surface area contributed by atoms with Crippen molar-refractivity contribution in [3.63, 3.8) is 0 Å². The lowest BCUT2D eigenvalue weighted by atomic mass is 10.2. The molecular formula is C25H25N3O5. The van der Waals surface area contributed by atoms with E-state index in [1.54, 1.807) is 67.2 Å². The summed E-state index contributed by atoms with van der Waals surface area (Å²) in [5, 5.41) is 2.55. The molecule has 8 heteroatoms. The van der Waals surface area contributed by atoms with Gasteiger partial charge in [-0.1, -0.05) is 43.0 Å². The smallest absolute Gasteiger partial charge is 0.331 e. The van der Waals surface area contributed by atoms with Crippen LogP contribution in [0, 0.1) is 6.92 Å². The van der Waals surface area contributed by atoms with Gasteiger partial charge in [-0.3, -0.25) is 14.3 Å². The van der Waals surface area contributed by atoms with Crippen molar-refractivity contribution < 1.29 is 19.1 Å². The molecular weight excluding hydrogens is 422 g/mol. The van der Waals surface area contributed by atoms with Gasteiger partial charge in [0.25, 0.3) is 11.5 Å². The number of para-hydroxylation sites is 1. The fourth-order valence-electron chi connectivity index (χ4n) is 3.07. The molecule has 0 saturated carbocycles. The van der Waals surface area contributed by atoms with Crippen LogP contribution in [0.15, 0.2) is 78.1 Å². The van der Waals surface area contributed by atoms with Crippen LogP contribution >= 0.6 is 0 Å². The third kappa shape index (κ3) is 5.88. The summed E-state index contributed by atoms with van der Waals surface area (Å²) in [6.45, 7) is 5.20. The SMILES string of the molecule is C=CCOc1ccc(C=CC(=O)OCC(=O)Nc2c(C)n(C)n(-c3ccccc3)c2=O)cc1. The molecule has 33 heavy (non-hydrogen) atoms. The first kappa shape index (κ1) is 23.3. The van der Waals surface area contributed by atoms with Gasteiger partial charge in [-0.2, -0.15) is 0 Å². The van der Waals surface area contributed by atoms with Crippen molar-refractivity contribution in [1.82, 2.24) is 9.36 Å².